The van der Waals surface area contributed by atoms with Crippen molar-refractivity contribution in [2.24, 2.45) is 0 Å². The van der Waals surface area contributed by atoms with E-state index in [2.05, 4.69) is 10.6 Å². The third kappa shape index (κ3) is 5.80. The van der Waals surface area contributed by atoms with Gasteiger partial charge < -0.3 is 20.1 Å². The van der Waals surface area contributed by atoms with Crippen LogP contribution in [0.1, 0.15) is 54.1 Å². The van der Waals surface area contributed by atoms with E-state index in [4.69, 9.17) is 9.47 Å². The number of hydrogen-bond acceptors (Lipinski definition) is 6. The Labute approximate surface area is 280 Å². The van der Waals surface area contributed by atoms with Crippen molar-refractivity contribution < 1.29 is 19.1 Å². The molecule has 0 spiro atoms. The Kier molecular flexibility index (Phi) is 7.99. The Morgan fingerprint density at radius 3 is 1.17 bits per heavy atom. The zero-order chi connectivity index (χ0) is 33.4. The van der Waals surface area contributed by atoms with Crippen LogP contribution in [-0.2, 0) is 0 Å². The van der Waals surface area contributed by atoms with E-state index in [0.717, 1.165) is 56.6 Å². The van der Waals surface area contributed by atoms with Gasteiger partial charge in [0, 0.05) is 22.5 Å². The van der Waals surface area contributed by atoms with Crippen molar-refractivity contribution in [3.63, 3.8) is 0 Å². The summed E-state index contributed by atoms with van der Waals surface area (Å²) in [4.78, 5) is 28.4. The largest absolute Gasteiger partial charge is 0.457 e. The van der Waals surface area contributed by atoms with Crippen LogP contribution in [0.3, 0.4) is 0 Å². The molecule has 0 radical (unpaired) electrons. The number of para-hydroxylation sites is 2. The summed E-state index contributed by atoms with van der Waals surface area (Å²) in [6.07, 6.45) is 0. The maximum Gasteiger partial charge on any atom is 0.198 e. The average Bonchev–Trinajstić information content (AvgIpc) is 3.07. The van der Waals surface area contributed by atoms with E-state index < -0.39 is 0 Å². The van der Waals surface area contributed by atoms with Crippen LogP contribution >= 0.6 is 0 Å². The van der Waals surface area contributed by atoms with Gasteiger partial charge in [-0.15, -0.1) is 0 Å². The number of ketones is 2. The molecule has 48 heavy (non-hydrogen) atoms. The first-order chi connectivity index (χ1) is 23.3. The molecule has 6 aromatic carbocycles. The first kappa shape index (κ1) is 30.5. The molecule has 0 saturated carbocycles. The third-order valence-electron chi connectivity index (χ3n) is 8.56. The molecule has 0 fully saturated rings. The lowest BCUT2D eigenvalue weighted by molar-refractivity contribution is 0.0980. The second kappa shape index (κ2) is 12.6. The molecule has 6 aromatic rings. The third-order valence-corrected chi connectivity index (χ3v) is 8.56. The number of ether oxygens (including phenoxy) is 2. The van der Waals surface area contributed by atoms with Gasteiger partial charge in [-0.2, -0.15) is 0 Å². The standard InChI is InChI=1S/C42H34N2O4/c1-25-21-31(47-29-13-7-5-8-14-29)22-26(2)39(25)43-35-19-11-17-33-37(35)42(46)38-34(41(33)45)18-12-20-36(38)44-40-27(3)23-32(24-28(40)4)48-30-15-9-6-10-16-30/h5-24,43-44H,1-4H3. The van der Waals surface area contributed by atoms with Crippen molar-refractivity contribution in [3.05, 3.63) is 166 Å². The molecule has 6 heteroatoms. The molecule has 0 aliphatic heterocycles. The SMILES string of the molecule is Cc1cc(Oc2ccccc2)cc(C)c1Nc1cccc2c1C(=O)c1c(Nc3c(C)cc(Oc4ccccc4)cc3C)cccc1C2=O. The zero-order valence-electron chi connectivity index (χ0n) is 27.2. The average molecular weight is 631 g/mol. The summed E-state index contributed by atoms with van der Waals surface area (Å²) < 4.78 is 12.2. The highest BCUT2D eigenvalue weighted by Gasteiger charge is 2.34. The minimum absolute atomic E-state index is 0.188. The number of aryl methyl sites for hydroxylation is 4. The van der Waals surface area contributed by atoms with Gasteiger partial charge in [-0.1, -0.05) is 60.7 Å². The van der Waals surface area contributed by atoms with Gasteiger partial charge in [0.15, 0.2) is 11.6 Å². The summed E-state index contributed by atoms with van der Waals surface area (Å²) >= 11 is 0. The molecule has 0 bridgehead atoms. The Morgan fingerprint density at radius 2 is 0.792 bits per heavy atom. The van der Waals surface area contributed by atoms with Crippen LogP contribution in [0, 0.1) is 27.7 Å². The molecule has 2 N–H and O–H groups in total. The van der Waals surface area contributed by atoms with Crippen molar-refractivity contribution in [2.45, 2.75) is 27.7 Å². The van der Waals surface area contributed by atoms with Crippen molar-refractivity contribution in [1.29, 1.82) is 0 Å². The molecule has 7 rings (SSSR count). The summed E-state index contributed by atoms with van der Waals surface area (Å²) in [5.74, 6) is 2.54. The van der Waals surface area contributed by atoms with E-state index in [0.29, 0.717) is 33.6 Å². The predicted molar refractivity (Wildman–Crippen MR) is 191 cm³/mol. The van der Waals surface area contributed by atoms with Gasteiger partial charge in [0.25, 0.3) is 0 Å². The molecule has 0 unspecified atom stereocenters. The summed E-state index contributed by atoms with van der Waals surface area (Å²) in [6.45, 7) is 7.98. The molecule has 236 valence electrons. The number of rotatable bonds is 8. The molecule has 0 atom stereocenters. The van der Waals surface area contributed by atoms with E-state index in [9.17, 15) is 9.59 Å². The number of hydrogen-bond donors (Lipinski definition) is 2. The van der Waals surface area contributed by atoms with E-state index in [-0.39, 0.29) is 11.6 Å². The smallest absolute Gasteiger partial charge is 0.198 e. The van der Waals surface area contributed by atoms with E-state index in [1.807, 2.05) is 137 Å². The van der Waals surface area contributed by atoms with Crippen LogP contribution in [0.2, 0.25) is 0 Å². The Hall–Kier alpha value is -6.14. The molecular weight excluding hydrogens is 596 g/mol. The van der Waals surface area contributed by atoms with Crippen molar-refractivity contribution in [1.82, 2.24) is 0 Å². The van der Waals surface area contributed by atoms with Crippen LogP contribution in [-0.4, -0.2) is 11.6 Å². The topological polar surface area (TPSA) is 76.7 Å². The molecule has 6 nitrogen and oxygen atoms in total. The summed E-state index contributed by atoms with van der Waals surface area (Å²) in [7, 11) is 0. The Bertz CT molecular complexity index is 2010. The van der Waals surface area contributed by atoms with Crippen LogP contribution < -0.4 is 20.1 Å². The summed E-state index contributed by atoms with van der Waals surface area (Å²) in [6, 6.07) is 37.9. The Balaban J connectivity index is 1.21. The zero-order valence-corrected chi connectivity index (χ0v) is 27.2. The van der Waals surface area contributed by atoms with Crippen LogP contribution in [0.25, 0.3) is 0 Å². The lowest BCUT2D eigenvalue weighted by Crippen LogP contribution is -2.23. The minimum Gasteiger partial charge on any atom is -0.457 e. The maximum atomic E-state index is 14.5. The predicted octanol–water partition coefficient (Wildman–Crippen LogP) is 10.8. The van der Waals surface area contributed by atoms with E-state index in [1.54, 1.807) is 12.1 Å². The maximum absolute atomic E-state index is 14.5. The number of nitrogens with one attached hydrogen (secondary N) is 2. The van der Waals surface area contributed by atoms with Gasteiger partial charge in [0.2, 0.25) is 0 Å². The lowest BCUT2D eigenvalue weighted by Gasteiger charge is -2.25. The van der Waals surface area contributed by atoms with Crippen molar-refractivity contribution in [3.8, 4) is 23.0 Å². The highest BCUT2D eigenvalue weighted by Crippen LogP contribution is 2.40. The van der Waals surface area contributed by atoms with Gasteiger partial charge in [-0.25, -0.2) is 0 Å². The second-order valence-electron chi connectivity index (χ2n) is 12.1. The first-order valence-electron chi connectivity index (χ1n) is 15.8. The molecule has 1 aliphatic rings. The normalized spacial score (nSPS) is 11.8. The number of carbonyl (C=O) groups is 2. The summed E-state index contributed by atoms with van der Waals surface area (Å²) in [5.41, 5.74) is 8.10. The van der Waals surface area contributed by atoms with Gasteiger partial charge in [0.1, 0.15) is 23.0 Å². The van der Waals surface area contributed by atoms with Gasteiger partial charge >= 0.3 is 0 Å². The number of carbonyl (C=O) groups excluding carboxylic acids is 2. The number of fused-ring (bicyclic) bond motifs is 2. The fraction of sp³-hybridized carbons (Fsp3) is 0.0952. The van der Waals surface area contributed by atoms with Gasteiger partial charge in [-0.3, -0.25) is 9.59 Å². The van der Waals surface area contributed by atoms with E-state index >= 15 is 0 Å². The molecule has 0 amide bonds. The fourth-order valence-electron chi connectivity index (χ4n) is 6.33. The fourth-order valence-corrected chi connectivity index (χ4v) is 6.33. The van der Waals surface area contributed by atoms with Gasteiger partial charge in [0.05, 0.1) is 22.5 Å². The molecular formula is C42H34N2O4. The molecule has 1 aliphatic carbocycles. The highest BCUT2D eigenvalue weighted by molar-refractivity contribution is 6.32. The van der Waals surface area contributed by atoms with Crippen molar-refractivity contribution >= 4 is 34.3 Å². The highest BCUT2D eigenvalue weighted by atomic mass is 16.5. The van der Waals surface area contributed by atoms with E-state index in [1.165, 1.54) is 0 Å². The molecule has 0 heterocycles. The first-order valence-corrected chi connectivity index (χ1v) is 15.8. The quantitative estimate of drug-likeness (QED) is 0.174. The molecule has 0 saturated heterocycles. The monoisotopic (exact) mass is 630 g/mol. The minimum atomic E-state index is -0.218. The van der Waals surface area contributed by atoms with Crippen LogP contribution in [0.15, 0.2) is 121 Å². The summed E-state index contributed by atoms with van der Waals surface area (Å²) in [5, 5.41) is 6.98. The number of anilines is 4. The van der Waals surface area contributed by atoms with Crippen molar-refractivity contribution in [2.75, 3.05) is 10.6 Å². The second-order valence-corrected chi connectivity index (χ2v) is 12.1. The van der Waals surface area contributed by atoms with Crippen LogP contribution in [0.4, 0.5) is 22.7 Å². The Morgan fingerprint density at radius 1 is 0.417 bits per heavy atom. The van der Waals surface area contributed by atoms with Gasteiger partial charge in [-0.05, 0) is 111 Å². The van der Waals surface area contributed by atoms with Crippen LogP contribution in [0.5, 0.6) is 23.0 Å². The number of benzene rings is 6. The lowest BCUT2D eigenvalue weighted by atomic mass is 9.82. The molecule has 0 aromatic heterocycles.